The van der Waals surface area contributed by atoms with E-state index in [9.17, 15) is 22.8 Å². The van der Waals surface area contributed by atoms with Crippen LogP contribution in [-0.4, -0.2) is 24.4 Å². The highest BCUT2D eigenvalue weighted by atomic mass is 19.4. The van der Waals surface area contributed by atoms with Gasteiger partial charge in [-0.25, -0.2) is 0 Å². The van der Waals surface area contributed by atoms with Crippen molar-refractivity contribution in [3.8, 4) is 0 Å². The molecule has 1 aromatic carbocycles. The minimum absolute atomic E-state index is 0.0438. The molecule has 0 saturated heterocycles. The van der Waals surface area contributed by atoms with Crippen molar-refractivity contribution in [3.63, 3.8) is 0 Å². The molecule has 2 rings (SSSR count). The van der Waals surface area contributed by atoms with Crippen molar-refractivity contribution in [1.82, 2.24) is 0 Å². The predicted octanol–water partition coefficient (Wildman–Crippen LogP) is 2.56. The highest BCUT2D eigenvalue weighted by molar-refractivity contribution is 6.07. The fourth-order valence-electron chi connectivity index (χ4n) is 1.96. The highest BCUT2D eigenvalue weighted by Crippen LogP contribution is 2.30. The molecule has 1 aliphatic rings. The number of alkyl halides is 3. The average Bonchev–Trinajstić information content (AvgIpc) is 2.47. The maximum absolute atomic E-state index is 12.5. The van der Waals surface area contributed by atoms with E-state index in [1.165, 1.54) is 18.2 Å². The van der Waals surface area contributed by atoms with E-state index < -0.39 is 12.1 Å². The summed E-state index contributed by atoms with van der Waals surface area (Å²) in [5.74, 6) is -2.16. The van der Waals surface area contributed by atoms with E-state index in [1.54, 1.807) is 6.07 Å². The van der Waals surface area contributed by atoms with Gasteiger partial charge in [0.1, 0.15) is 0 Å². The Hall–Kier alpha value is -1.85. The molecule has 1 aliphatic heterocycles. The second-order valence-electron chi connectivity index (χ2n) is 4.00. The van der Waals surface area contributed by atoms with Gasteiger partial charge in [-0.2, -0.15) is 13.2 Å². The van der Waals surface area contributed by atoms with Crippen molar-refractivity contribution >= 4 is 17.4 Å². The van der Waals surface area contributed by atoms with Gasteiger partial charge in [0.2, 0.25) is 0 Å². The molecule has 0 fully saturated rings. The van der Waals surface area contributed by atoms with Crippen LogP contribution in [0.15, 0.2) is 24.3 Å². The number of Topliss-reactive ketones (excluding diaryl/α,β-unsaturated/α-hetero) is 1. The van der Waals surface area contributed by atoms with Crippen LogP contribution in [0, 0.1) is 0 Å². The van der Waals surface area contributed by atoms with Crippen LogP contribution in [0.1, 0.15) is 23.2 Å². The third-order valence-electron chi connectivity index (χ3n) is 2.77. The number of benzene rings is 1. The molecule has 1 heterocycles. The number of amides is 1. The fourth-order valence-corrected chi connectivity index (χ4v) is 1.96. The molecule has 18 heavy (non-hydrogen) atoms. The minimum Gasteiger partial charge on any atom is -0.304 e. The van der Waals surface area contributed by atoms with Crippen molar-refractivity contribution in [2.24, 2.45) is 0 Å². The van der Waals surface area contributed by atoms with Crippen molar-refractivity contribution in [1.29, 1.82) is 0 Å². The van der Waals surface area contributed by atoms with E-state index in [4.69, 9.17) is 0 Å². The molecule has 1 aromatic rings. The van der Waals surface area contributed by atoms with Gasteiger partial charge in [-0.1, -0.05) is 12.1 Å². The average molecular weight is 257 g/mol. The zero-order chi connectivity index (χ0) is 13.3. The summed E-state index contributed by atoms with van der Waals surface area (Å²) >= 11 is 0. The van der Waals surface area contributed by atoms with Gasteiger partial charge in [-0.3, -0.25) is 9.59 Å². The first-order valence-electron chi connectivity index (χ1n) is 5.42. The molecule has 6 heteroatoms. The maximum atomic E-state index is 12.5. The van der Waals surface area contributed by atoms with Gasteiger partial charge in [0.05, 0.1) is 5.69 Å². The van der Waals surface area contributed by atoms with E-state index in [0.29, 0.717) is 4.90 Å². The van der Waals surface area contributed by atoms with E-state index in [0.717, 1.165) is 0 Å². The standard InChI is InChI=1S/C12H10F3NO2/c13-12(14,15)11(18)16-7-3-6-10(17)8-4-1-2-5-9(8)16/h1-2,4-5H,3,6-7H2. The number of fused-ring (bicyclic) bond motifs is 1. The maximum Gasteiger partial charge on any atom is 0.471 e. The predicted molar refractivity (Wildman–Crippen MR) is 58.4 cm³/mol. The van der Waals surface area contributed by atoms with Crippen LogP contribution in [0.25, 0.3) is 0 Å². The summed E-state index contributed by atoms with van der Waals surface area (Å²) in [6.07, 6.45) is -4.55. The lowest BCUT2D eigenvalue weighted by molar-refractivity contribution is -0.170. The van der Waals surface area contributed by atoms with Crippen LogP contribution in [0.4, 0.5) is 18.9 Å². The highest BCUT2D eigenvalue weighted by Gasteiger charge is 2.44. The number of carbonyl (C=O) groups excluding carboxylic acids is 2. The number of ketones is 1. The molecule has 0 radical (unpaired) electrons. The SMILES string of the molecule is O=C1CCCN(C(=O)C(F)(F)F)c2ccccc21. The zero-order valence-corrected chi connectivity index (χ0v) is 9.33. The van der Waals surface area contributed by atoms with Gasteiger partial charge in [0, 0.05) is 18.5 Å². The number of halogens is 3. The molecule has 0 aromatic heterocycles. The van der Waals surface area contributed by atoms with Crippen molar-refractivity contribution < 1.29 is 22.8 Å². The molecule has 0 aliphatic carbocycles. The van der Waals surface area contributed by atoms with Crippen LogP contribution >= 0.6 is 0 Å². The molecular formula is C12H10F3NO2. The largest absolute Gasteiger partial charge is 0.471 e. The number of rotatable bonds is 0. The summed E-state index contributed by atoms with van der Waals surface area (Å²) in [6.45, 7) is -0.0961. The second kappa shape index (κ2) is 4.44. The van der Waals surface area contributed by atoms with Gasteiger partial charge in [-0.15, -0.1) is 0 Å². The molecule has 0 spiro atoms. The molecule has 0 bridgehead atoms. The third kappa shape index (κ3) is 2.23. The van der Waals surface area contributed by atoms with Gasteiger partial charge in [-0.05, 0) is 18.6 Å². The summed E-state index contributed by atoms with van der Waals surface area (Å²) in [5, 5.41) is 0. The van der Waals surface area contributed by atoms with Crippen molar-refractivity contribution in [2.45, 2.75) is 19.0 Å². The number of carbonyl (C=O) groups is 2. The number of anilines is 1. The molecule has 0 N–H and O–H groups in total. The van der Waals surface area contributed by atoms with Crippen LogP contribution < -0.4 is 4.90 Å². The monoisotopic (exact) mass is 257 g/mol. The van der Waals surface area contributed by atoms with Gasteiger partial charge >= 0.3 is 12.1 Å². The van der Waals surface area contributed by atoms with E-state index in [1.807, 2.05) is 0 Å². The summed E-state index contributed by atoms with van der Waals surface area (Å²) in [5.41, 5.74) is 0.218. The Morgan fingerprint density at radius 2 is 1.89 bits per heavy atom. The molecule has 0 unspecified atom stereocenters. The number of hydrogen-bond acceptors (Lipinski definition) is 2. The Labute approximate surface area is 101 Å². The Balaban J connectivity index is 2.47. The number of nitrogens with zero attached hydrogens (tertiary/aromatic N) is 1. The normalized spacial score (nSPS) is 16.2. The molecule has 3 nitrogen and oxygen atoms in total. The smallest absolute Gasteiger partial charge is 0.304 e. The van der Waals surface area contributed by atoms with Crippen LogP contribution in [0.3, 0.4) is 0 Å². The first-order chi connectivity index (χ1) is 8.41. The first-order valence-corrected chi connectivity index (χ1v) is 5.42. The zero-order valence-electron chi connectivity index (χ0n) is 9.33. The van der Waals surface area contributed by atoms with Crippen molar-refractivity contribution in [3.05, 3.63) is 29.8 Å². The minimum atomic E-state index is -4.93. The van der Waals surface area contributed by atoms with Crippen LogP contribution in [0.2, 0.25) is 0 Å². The Morgan fingerprint density at radius 3 is 2.56 bits per heavy atom. The number of para-hydroxylation sites is 1. The fraction of sp³-hybridized carbons (Fsp3) is 0.333. The first kappa shape index (κ1) is 12.6. The van der Waals surface area contributed by atoms with Gasteiger partial charge < -0.3 is 4.90 Å². The van der Waals surface area contributed by atoms with E-state index >= 15 is 0 Å². The Kier molecular flexibility index (Phi) is 3.11. The molecule has 1 amide bonds. The summed E-state index contributed by atoms with van der Waals surface area (Å²) in [6, 6.07) is 5.88. The summed E-state index contributed by atoms with van der Waals surface area (Å²) in [7, 11) is 0. The van der Waals surface area contributed by atoms with Gasteiger partial charge in [0.25, 0.3) is 0 Å². The Morgan fingerprint density at radius 1 is 1.22 bits per heavy atom. The molecule has 96 valence electrons. The van der Waals surface area contributed by atoms with Crippen molar-refractivity contribution in [2.75, 3.05) is 11.4 Å². The van der Waals surface area contributed by atoms with E-state index in [2.05, 4.69) is 0 Å². The second-order valence-corrected chi connectivity index (χ2v) is 4.00. The molecular weight excluding hydrogens is 247 g/mol. The molecule has 0 atom stereocenters. The lowest BCUT2D eigenvalue weighted by Gasteiger charge is -2.23. The molecule has 0 saturated carbocycles. The Bertz CT molecular complexity index is 496. The lowest BCUT2D eigenvalue weighted by atomic mass is 10.1. The third-order valence-corrected chi connectivity index (χ3v) is 2.77. The van der Waals surface area contributed by atoms with Crippen LogP contribution in [0.5, 0.6) is 0 Å². The van der Waals surface area contributed by atoms with E-state index in [-0.39, 0.29) is 36.4 Å². The van der Waals surface area contributed by atoms with Gasteiger partial charge in [0.15, 0.2) is 5.78 Å². The quantitative estimate of drug-likeness (QED) is 0.716. The van der Waals surface area contributed by atoms with Crippen LogP contribution in [-0.2, 0) is 4.79 Å². The lowest BCUT2D eigenvalue weighted by Crippen LogP contribution is -2.41. The summed E-state index contributed by atoms with van der Waals surface area (Å²) < 4.78 is 37.4. The summed E-state index contributed by atoms with van der Waals surface area (Å²) in [4.78, 5) is 23.7. The number of hydrogen-bond donors (Lipinski definition) is 0. The topological polar surface area (TPSA) is 37.4 Å².